The molecule has 21 heavy (non-hydrogen) atoms. The lowest BCUT2D eigenvalue weighted by molar-refractivity contribution is -0.0385. The fraction of sp³-hybridized carbons (Fsp3) is 0.375. The van der Waals surface area contributed by atoms with Crippen molar-refractivity contribution < 1.29 is 13.9 Å². The van der Waals surface area contributed by atoms with E-state index in [0.29, 0.717) is 11.8 Å². The van der Waals surface area contributed by atoms with Gasteiger partial charge in [-0.15, -0.1) is 0 Å². The molecule has 5 heteroatoms. The van der Waals surface area contributed by atoms with Crippen molar-refractivity contribution in [2.75, 3.05) is 6.61 Å². The summed E-state index contributed by atoms with van der Waals surface area (Å²) in [4.78, 5) is 10.7. The second kappa shape index (κ2) is 5.77. The van der Waals surface area contributed by atoms with E-state index < -0.39 is 5.82 Å². The van der Waals surface area contributed by atoms with Gasteiger partial charge in [-0.2, -0.15) is 5.10 Å². The van der Waals surface area contributed by atoms with Crippen molar-refractivity contribution in [1.29, 1.82) is 0 Å². The van der Waals surface area contributed by atoms with Gasteiger partial charge < -0.3 is 4.74 Å². The normalized spacial score (nSPS) is 18.7. The zero-order chi connectivity index (χ0) is 14.8. The Morgan fingerprint density at radius 2 is 2.24 bits per heavy atom. The number of halogens is 1. The minimum atomic E-state index is -0.516. The molecule has 3 rings (SSSR count). The molecule has 1 fully saturated rings. The molecule has 0 spiro atoms. The lowest BCUT2D eigenvalue weighted by Crippen LogP contribution is -2.20. The molecule has 1 atom stereocenters. The summed E-state index contributed by atoms with van der Waals surface area (Å²) in [5, 5.41) is 4.48. The van der Waals surface area contributed by atoms with Gasteiger partial charge in [-0.3, -0.25) is 4.79 Å². The van der Waals surface area contributed by atoms with Gasteiger partial charge in [-0.05, 0) is 44.4 Å². The number of hydrogen-bond acceptors (Lipinski definition) is 3. The molecule has 0 radical (unpaired) electrons. The molecule has 1 aliphatic rings. The maximum Gasteiger partial charge on any atom is 0.152 e. The Kier molecular flexibility index (Phi) is 3.84. The molecule has 4 nitrogen and oxygen atoms in total. The third-order valence-electron chi connectivity index (χ3n) is 3.71. The fourth-order valence-corrected chi connectivity index (χ4v) is 2.65. The largest absolute Gasteiger partial charge is 0.356 e. The van der Waals surface area contributed by atoms with E-state index in [0.717, 1.165) is 37.3 Å². The van der Waals surface area contributed by atoms with Gasteiger partial charge >= 0.3 is 0 Å². The number of aromatic nitrogens is 2. The van der Waals surface area contributed by atoms with E-state index in [-0.39, 0.29) is 11.8 Å². The summed E-state index contributed by atoms with van der Waals surface area (Å²) in [7, 11) is 0. The third kappa shape index (κ3) is 2.74. The summed E-state index contributed by atoms with van der Waals surface area (Å²) >= 11 is 0. The Balaban J connectivity index is 2.01. The average Bonchev–Trinajstić information content (AvgIpc) is 2.90. The molecule has 1 aromatic carbocycles. The second-order valence-electron chi connectivity index (χ2n) is 5.29. The van der Waals surface area contributed by atoms with Gasteiger partial charge in [0, 0.05) is 12.2 Å². The summed E-state index contributed by atoms with van der Waals surface area (Å²) in [5.41, 5.74) is 2.44. The van der Waals surface area contributed by atoms with Gasteiger partial charge in [0.1, 0.15) is 5.82 Å². The summed E-state index contributed by atoms with van der Waals surface area (Å²) in [5.74, 6) is -0.516. The highest BCUT2D eigenvalue weighted by molar-refractivity contribution is 5.77. The van der Waals surface area contributed by atoms with Crippen LogP contribution in [0.3, 0.4) is 0 Å². The number of aldehydes is 1. The van der Waals surface area contributed by atoms with Crippen LogP contribution in [0, 0.1) is 12.7 Å². The number of rotatable bonds is 3. The zero-order valence-electron chi connectivity index (χ0n) is 11.9. The first-order valence-electron chi connectivity index (χ1n) is 7.12. The predicted octanol–water partition coefficient (Wildman–Crippen LogP) is 3.51. The van der Waals surface area contributed by atoms with Crippen LogP contribution in [0.5, 0.6) is 0 Å². The maximum absolute atomic E-state index is 13.8. The van der Waals surface area contributed by atoms with E-state index in [1.807, 2.05) is 17.7 Å². The molecular weight excluding hydrogens is 271 g/mol. The first kappa shape index (κ1) is 13.9. The molecular formula is C16H17FN2O2. The van der Waals surface area contributed by atoms with E-state index in [1.54, 1.807) is 6.07 Å². The van der Waals surface area contributed by atoms with Crippen LogP contribution in [0.1, 0.15) is 41.5 Å². The van der Waals surface area contributed by atoms with E-state index >= 15 is 0 Å². The van der Waals surface area contributed by atoms with Crippen molar-refractivity contribution in [1.82, 2.24) is 9.78 Å². The Morgan fingerprint density at radius 3 is 2.90 bits per heavy atom. The summed E-state index contributed by atoms with van der Waals surface area (Å²) in [6, 6.07) is 6.52. The van der Waals surface area contributed by atoms with Crippen molar-refractivity contribution >= 4 is 6.29 Å². The van der Waals surface area contributed by atoms with E-state index in [4.69, 9.17) is 4.74 Å². The summed E-state index contributed by atoms with van der Waals surface area (Å²) in [6.07, 6.45) is 3.49. The van der Waals surface area contributed by atoms with Crippen LogP contribution < -0.4 is 0 Å². The van der Waals surface area contributed by atoms with Crippen LogP contribution in [0.4, 0.5) is 4.39 Å². The first-order chi connectivity index (χ1) is 10.2. The van der Waals surface area contributed by atoms with Crippen LogP contribution in [0.15, 0.2) is 24.3 Å². The lowest BCUT2D eigenvalue weighted by atomic mass is 10.1. The highest BCUT2D eigenvalue weighted by Crippen LogP contribution is 2.29. The number of carbonyl (C=O) groups excluding carboxylic acids is 1. The topological polar surface area (TPSA) is 44.1 Å². The summed E-state index contributed by atoms with van der Waals surface area (Å²) in [6.45, 7) is 2.63. The van der Waals surface area contributed by atoms with Gasteiger partial charge in [0.15, 0.2) is 12.5 Å². The average molecular weight is 288 g/mol. The van der Waals surface area contributed by atoms with Crippen molar-refractivity contribution in [3.63, 3.8) is 0 Å². The Labute approximate surface area is 122 Å². The van der Waals surface area contributed by atoms with Crippen molar-refractivity contribution in [2.45, 2.75) is 32.4 Å². The lowest BCUT2D eigenvalue weighted by Gasteiger charge is -2.24. The fourth-order valence-electron chi connectivity index (χ4n) is 2.65. The predicted molar refractivity (Wildman–Crippen MR) is 76.6 cm³/mol. The third-order valence-corrected chi connectivity index (χ3v) is 3.71. The van der Waals surface area contributed by atoms with E-state index in [9.17, 15) is 9.18 Å². The first-order valence-corrected chi connectivity index (χ1v) is 7.12. The van der Waals surface area contributed by atoms with Crippen molar-refractivity contribution in [3.8, 4) is 11.3 Å². The van der Waals surface area contributed by atoms with Gasteiger partial charge in [0.05, 0.1) is 17.0 Å². The van der Waals surface area contributed by atoms with Crippen molar-refractivity contribution in [3.05, 3.63) is 41.3 Å². The number of ether oxygens (including phenoxy) is 1. The maximum atomic E-state index is 13.8. The molecule has 0 aliphatic carbocycles. The molecule has 0 bridgehead atoms. The van der Waals surface area contributed by atoms with E-state index in [2.05, 4.69) is 5.10 Å². The molecule has 1 aliphatic heterocycles. The minimum absolute atomic E-state index is 0.0652. The number of hydrogen-bond donors (Lipinski definition) is 0. The zero-order valence-corrected chi connectivity index (χ0v) is 11.9. The Bertz CT molecular complexity index is 660. The highest BCUT2D eigenvalue weighted by atomic mass is 19.1. The van der Waals surface area contributed by atoms with Crippen LogP contribution >= 0.6 is 0 Å². The monoisotopic (exact) mass is 288 g/mol. The smallest absolute Gasteiger partial charge is 0.152 e. The number of carbonyl (C=O) groups is 1. The Hall–Kier alpha value is -2.01. The van der Waals surface area contributed by atoms with E-state index in [1.165, 1.54) is 12.1 Å². The Morgan fingerprint density at radius 1 is 1.38 bits per heavy atom. The van der Waals surface area contributed by atoms with Gasteiger partial charge in [-0.1, -0.05) is 6.07 Å². The molecule has 0 saturated carbocycles. The standard InChI is InChI=1S/C16H17FN2O2/c1-11-8-15(12-5-6-13(10-20)14(17)9-12)19(18-11)16-4-2-3-7-21-16/h5-6,8-10,16H,2-4,7H2,1H3. The molecule has 110 valence electrons. The molecule has 2 heterocycles. The molecule has 1 aromatic heterocycles. The number of nitrogens with zero attached hydrogens (tertiary/aromatic N) is 2. The minimum Gasteiger partial charge on any atom is -0.356 e. The van der Waals surface area contributed by atoms with Crippen LogP contribution in [-0.2, 0) is 4.74 Å². The molecule has 2 aromatic rings. The van der Waals surface area contributed by atoms with Gasteiger partial charge in [0.25, 0.3) is 0 Å². The highest BCUT2D eigenvalue weighted by Gasteiger charge is 2.21. The van der Waals surface area contributed by atoms with Crippen LogP contribution in [0.2, 0.25) is 0 Å². The molecule has 0 N–H and O–H groups in total. The second-order valence-corrected chi connectivity index (χ2v) is 5.29. The SMILES string of the molecule is Cc1cc(-c2ccc(C=O)c(F)c2)n(C2CCCCO2)n1. The quantitative estimate of drug-likeness (QED) is 0.812. The number of benzene rings is 1. The van der Waals surface area contributed by atoms with Crippen LogP contribution in [-0.4, -0.2) is 22.7 Å². The van der Waals surface area contributed by atoms with Gasteiger partial charge in [0.2, 0.25) is 0 Å². The molecule has 1 unspecified atom stereocenters. The molecule has 0 amide bonds. The van der Waals surface area contributed by atoms with Crippen LogP contribution in [0.25, 0.3) is 11.3 Å². The molecule has 1 saturated heterocycles. The van der Waals surface area contributed by atoms with Crippen molar-refractivity contribution in [2.24, 2.45) is 0 Å². The number of aryl methyl sites for hydroxylation is 1. The van der Waals surface area contributed by atoms with Gasteiger partial charge in [-0.25, -0.2) is 9.07 Å². The summed E-state index contributed by atoms with van der Waals surface area (Å²) < 4.78 is 21.4.